The minimum absolute atomic E-state index is 0. The van der Waals surface area contributed by atoms with Crippen LogP contribution in [-0.4, -0.2) is 67.5 Å². The molecular formula is C35H42BF6N4O3Y-. The fourth-order valence-electron chi connectivity index (χ4n) is 5.22. The van der Waals surface area contributed by atoms with Gasteiger partial charge in [0.15, 0.2) is 0 Å². The summed E-state index contributed by atoms with van der Waals surface area (Å²) in [6, 6.07) is 15.5. The Morgan fingerprint density at radius 3 is 1.78 bits per heavy atom. The van der Waals surface area contributed by atoms with Gasteiger partial charge in [-0.05, 0) is 84.5 Å². The molecule has 0 saturated carbocycles. The number of aryl methyl sites for hydroxylation is 1. The Morgan fingerprint density at radius 1 is 0.860 bits per heavy atom. The summed E-state index contributed by atoms with van der Waals surface area (Å²) < 4.78 is 94.2. The van der Waals surface area contributed by atoms with Gasteiger partial charge < -0.3 is 23.9 Å². The molecule has 3 aromatic rings. The van der Waals surface area contributed by atoms with E-state index in [1.807, 2.05) is 38.2 Å². The Labute approximate surface area is 315 Å². The molecule has 2 fully saturated rings. The normalized spacial score (nSPS) is 17.8. The average Bonchev–Trinajstić information content (AvgIpc) is 3.23. The quantitative estimate of drug-likeness (QED) is 0.152. The van der Waals surface area contributed by atoms with Crippen LogP contribution in [0.5, 0.6) is 0 Å². The van der Waals surface area contributed by atoms with Crippen molar-refractivity contribution in [3.8, 4) is 0 Å². The third-order valence-corrected chi connectivity index (χ3v) is 9.22. The monoisotopic (exact) mass is 780 g/mol. The van der Waals surface area contributed by atoms with Crippen LogP contribution in [0.3, 0.4) is 0 Å². The van der Waals surface area contributed by atoms with Crippen LogP contribution in [0, 0.1) is 13.0 Å². The molecule has 269 valence electrons. The summed E-state index contributed by atoms with van der Waals surface area (Å²) in [6.45, 7) is 14.8. The van der Waals surface area contributed by atoms with E-state index in [-0.39, 0.29) is 44.5 Å². The van der Waals surface area contributed by atoms with E-state index in [4.69, 9.17) is 9.31 Å². The summed E-state index contributed by atoms with van der Waals surface area (Å²) >= 11 is 0. The first-order valence-corrected chi connectivity index (χ1v) is 15.8. The summed E-state index contributed by atoms with van der Waals surface area (Å²) in [5, 5.41) is 0. The number of alkyl halides is 6. The Hall–Kier alpha value is -2.51. The first-order chi connectivity index (χ1) is 22.5. The van der Waals surface area contributed by atoms with Crippen LogP contribution in [0.2, 0.25) is 0 Å². The number of hydrogen-bond acceptors (Lipinski definition) is 6. The predicted molar refractivity (Wildman–Crippen MR) is 177 cm³/mol. The maximum absolute atomic E-state index is 14.3. The van der Waals surface area contributed by atoms with E-state index in [0.717, 1.165) is 31.0 Å². The van der Waals surface area contributed by atoms with E-state index in [1.54, 1.807) is 39.8 Å². The third-order valence-electron chi connectivity index (χ3n) is 9.22. The molecule has 0 atom stereocenters. The number of rotatable bonds is 5. The van der Waals surface area contributed by atoms with Crippen molar-refractivity contribution >= 4 is 24.7 Å². The van der Waals surface area contributed by atoms with Gasteiger partial charge in [-0.25, -0.2) is 4.98 Å². The second-order valence-corrected chi connectivity index (χ2v) is 13.9. The van der Waals surface area contributed by atoms with Crippen LogP contribution >= 0.6 is 0 Å². The summed E-state index contributed by atoms with van der Waals surface area (Å²) in [7, 11) is 0.692. The van der Waals surface area contributed by atoms with E-state index < -0.39 is 58.8 Å². The van der Waals surface area contributed by atoms with E-state index in [1.165, 1.54) is 25.6 Å². The van der Waals surface area contributed by atoms with Crippen molar-refractivity contribution in [2.24, 2.45) is 0 Å². The predicted octanol–water partition coefficient (Wildman–Crippen LogP) is 7.56. The zero-order valence-electron chi connectivity index (χ0n) is 29.5. The number of likely N-dealkylation sites (N-methyl/N-ethyl adjacent to an activating group) is 1. The van der Waals surface area contributed by atoms with Crippen molar-refractivity contribution in [2.45, 2.75) is 77.4 Å². The molecule has 1 aromatic heterocycles. The molecule has 2 aliphatic heterocycles. The molecule has 1 amide bonds. The van der Waals surface area contributed by atoms with Gasteiger partial charge in [0.1, 0.15) is 5.82 Å². The summed E-state index contributed by atoms with van der Waals surface area (Å²) in [5.74, 6) is -0.164. The summed E-state index contributed by atoms with van der Waals surface area (Å²) in [5.41, 5.74) is -5.73. The van der Waals surface area contributed by atoms with Crippen molar-refractivity contribution in [3.63, 3.8) is 0 Å². The SMILES string of the molecule is CN1CCN(c2ccc(N(B3OC(C)(C)C(C)(C)O3)C(=O)C(C)(C)c3cc(C(F)(F)F)cc(C(F)(F)F)c3)cn2)CC1.Cc1[c-]cccc1.[Y]. The van der Waals surface area contributed by atoms with Crippen LogP contribution in [-0.2, 0) is 64.6 Å². The minimum Gasteiger partial charge on any atom is -0.384 e. The Balaban J connectivity index is 0.000000752. The van der Waals surface area contributed by atoms with Gasteiger partial charge in [-0.3, -0.25) is 4.79 Å². The number of aromatic nitrogens is 1. The van der Waals surface area contributed by atoms with Crippen LogP contribution < -0.4 is 9.71 Å². The number of piperazine rings is 1. The minimum atomic E-state index is -5.07. The molecule has 0 aliphatic carbocycles. The topological polar surface area (TPSA) is 58.1 Å². The zero-order chi connectivity index (χ0) is 36.6. The summed E-state index contributed by atoms with van der Waals surface area (Å²) in [4.78, 5) is 24.2. The number of pyridine rings is 1. The van der Waals surface area contributed by atoms with Gasteiger partial charge in [0.25, 0.3) is 0 Å². The van der Waals surface area contributed by atoms with Crippen LogP contribution in [0.15, 0.2) is 60.8 Å². The van der Waals surface area contributed by atoms with Crippen molar-refractivity contribution in [3.05, 3.63) is 89.1 Å². The van der Waals surface area contributed by atoms with Crippen molar-refractivity contribution in [1.82, 2.24) is 9.88 Å². The number of benzene rings is 2. The van der Waals surface area contributed by atoms with Crippen LogP contribution in [0.25, 0.3) is 0 Å². The number of amides is 1. The average molecular weight is 780 g/mol. The van der Waals surface area contributed by atoms with Crippen LogP contribution in [0.4, 0.5) is 37.8 Å². The first-order valence-electron chi connectivity index (χ1n) is 15.8. The Morgan fingerprint density at radius 2 is 1.38 bits per heavy atom. The van der Waals surface area contributed by atoms with Gasteiger partial charge in [-0.2, -0.15) is 62.2 Å². The molecular weight excluding hydrogens is 738 g/mol. The smallest absolute Gasteiger partial charge is 0.384 e. The number of carbonyl (C=O) groups excluding carboxylic acids is 1. The Kier molecular flexibility index (Phi) is 13.1. The zero-order valence-corrected chi connectivity index (χ0v) is 32.4. The maximum atomic E-state index is 14.3. The van der Waals surface area contributed by atoms with Gasteiger partial charge >= 0.3 is 19.6 Å². The van der Waals surface area contributed by atoms with E-state index in [2.05, 4.69) is 20.9 Å². The number of carbonyl (C=O) groups is 1. The fraction of sp³-hybridized carbons (Fsp3) is 0.486. The fourth-order valence-corrected chi connectivity index (χ4v) is 5.22. The van der Waals surface area contributed by atoms with Gasteiger partial charge in [-0.15, -0.1) is 0 Å². The Bertz CT molecular complexity index is 1550. The molecule has 2 saturated heterocycles. The maximum Gasteiger partial charge on any atom is 0.601 e. The molecule has 2 aromatic carbocycles. The van der Waals surface area contributed by atoms with Gasteiger partial charge in [0.2, 0.25) is 5.91 Å². The molecule has 2 aliphatic rings. The second kappa shape index (κ2) is 15.6. The molecule has 7 nitrogen and oxygen atoms in total. The summed E-state index contributed by atoms with van der Waals surface area (Å²) in [6.07, 6.45) is -8.70. The van der Waals surface area contributed by atoms with Gasteiger partial charge in [-0.1, -0.05) is 6.92 Å². The number of hydrogen-bond donors (Lipinski definition) is 0. The number of nitrogens with zero attached hydrogens (tertiary/aromatic N) is 4. The van der Waals surface area contributed by atoms with Gasteiger partial charge in [0.05, 0.1) is 39.6 Å². The number of anilines is 2. The molecule has 0 bridgehead atoms. The van der Waals surface area contributed by atoms with Crippen molar-refractivity contribution in [1.29, 1.82) is 0 Å². The van der Waals surface area contributed by atoms with E-state index in [9.17, 15) is 31.1 Å². The third kappa shape index (κ3) is 9.67. The van der Waals surface area contributed by atoms with Crippen LogP contribution in [0.1, 0.15) is 63.8 Å². The second-order valence-electron chi connectivity index (χ2n) is 13.9. The molecule has 0 unspecified atom stereocenters. The molecule has 1 radical (unpaired) electrons. The molecule has 3 heterocycles. The molecule has 5 rings (SSSR count). The standard InChI is InChI=1S/C28H35BF6N4O3.C7H7.Y/c1-24(2,18-14-19(27(30,31)32)16-20(15-18)28(33,34)35)23(40)39(29-41-25(3,4)26(5,6)42-29)21-8-9-22(36-17-21)38-12-10-37(7)11-13-38;1-7-5-3-2-4-6-7;/h8-9,14-17H,10-13H2,1-7H3;2-5H,1H3;/q;-1;. The molecule has 0 N–H and O–H groups in total. The van der Waals surface area contributed by atoms with E-state index >= 15 is 0 Å². The molecule has 15 heteroatoms. The van der Waals surface area contributed by atoms with E-state index in [0.29, 0.717) is 18.0 Å². The molecule has 0 spiro atoms. The van der Waals surface area contributed by atoms with Gasteiger partial charge in [0, 0.05) is 58.9 Å². The number of halogens is 6. The molecule has 50 heavy (non-hydrogen) atoms. The van der Waals surface area contributed by atoms with Crippen molar-refractivity contribution < 1.29 is 73.2 Å². The van der Waals surface area contributed by atoms with Crippen molar-refractivity contribution in [2.75, 3.05) is 42.9 Å². The first kappa shape index (κ1) is 41.9. The largest absolute Gasteiger partial charge is 0.601 e.